The van der Waals surface area contributed by atoms with Crippen molar-refractivity contribution in [1.82, 2.24) is 4.98 Å². The molecule has 0 aromatic carbocycles. The molecule has 0 spiro atoms. The predicted molar refractivity (Wildman–Crippen MR) is 59.2 cm³/mol. The van der Waals surface area contributed by atoms with E-state index in [1.54, 1.807) is 6.07 Å². The van der Waals surface area contributed by atoms with E-state index >= 15 is 0 Å². The Kier molecular flexibility index (Phi) is 3.26. The van der Waals surface area contributed by atoms with Crippen molar-refractivity contribution >= 4 is 23.4 Å². The average molecular weight is 243 g/mol. The molecule has 0 unspecified atom stereocenters. The molecule has 0 atom stereocenters. The Morgan fingerprint density at radius 2 is 2.12 bits per heavy atom. The molecule has 0 aliphatic carbocycles. The quantitative estimate of drug-likeness (QED) is 0.792. The molecule has 1 fully saturated rings. The van der Waals surface area contributed by atoms with Gasteiger partial charge >= 0.3 is 5.97 Å². The van der Waals surface area contributed by atoms with Crippen LogP contribution in [-0.2, 0) is 4.74 Å². The van der Waals surface area contributed by atoms with Gasteiger partial charge in [0, 0.05) is 13.1 Å². The SMILES string of the molecule is O=C(O)c1ccc(N2CCOCC2)nc1Cl. The molecule has 5 nitrogen and oxygen atoms in total. The second kappa shape index (κ2) is 4.67. The third kappa shape index (κ3) is 2.25. The van der Waals surface area contributed by atoms with Gasteiger partial charge in [-0.1, -0.05) is 11.6 Å². The first-order chi connectivity index (χ1) is 7.68. The van der Waals surface area contributed by atoms with Gasteiger partial charge in [0.1, 0.15) is 11.0 Å². The van der Waals surface area contributed by atoms with Gasteiger partial charge in [0.15, 0.2) is 0 Å². The summed E-state index contributed by atoms with van der Waals surface area (Å²) in [4.78, 5) is 16.8. The Balaban J connectivity index is 2.23. The van der Waals surface area contributed by atoms with Gasteiger partial charge in [0.05, 0.1) is 18.8 Å². The third-order valence-corrected chi connectivity index (χ3v) is 2.69. The molecule has 1 aromatic heterocycles. The molecule has 16 heavy (non-hydrogen) atoms. The number of anilines is 1. The predicted octanol–water partition coefficient (Wildman–Crippen LogP) is 1.27. The van der Waals surface area contributed by atoms with Crippen molar-refractivity contribution < 1.29 is 14.6 Å². The fourth-order valence-corrected chi connectivity index (χ4v) is 1.78. The Morgan fingerprint density at radius 3 is 2.69 bits per heavy atom. The Bertz CT molecular complexity index is 405. The second-order valence-corrected chi connectivity index (χ2v) is 3.77. The minimum Gasteiger partial charge on any atom is -0.478 e. The topological polar surface area (TPSA) is 62.7 Å². The monoisotopic (exact) mass is 242 g/mol. The number of carboxylic acids is 1. The van der Waals surface area contributed by atoms with E-state index in [1.807, 2.05) is 4.90 Å². The van der Waals surface area contributed by atoms with Gasteiger partial charge in [-0.3, -0.25) is 0 Å². The van der Waals surface area contributed by atoms with Crippen LogP contribution in [0.4, 0.5) is 5.82 Å². The normalized spacial score (nSPS) is 16.2. The number of carbonyl (C=O) groups is 1. The molecule has 1 aliphatic heterocycles. The molecule has 0 amide bonds. The average Bonchev–Trinajstić information content (AvgIpc) is 2.29. The van der Waals surface area contributed by atoms with Crippen LogP contribution in [0.1, 0.15) is 10.4 Å². The van der Waals surface area contributed by atoms with Crippen molar-refractivity contribution in [2.75, 3.05) is 31.2 Å². The summed E-state index contributed by atoms with van der Waals surface area (Å²) in [7, 11) is 0. The fourth-order valence-electron chi connectivity index (χ4n) is 1.55. The molecule has 0 saturated carbocycles. The molecule has 1 aromatic rings. The molecule has 2 heterocycles. The number of pyridine rings is 1. The van der Waals surface area contributed by atoms with E-state index in [0.29, 0.717) is 19.0 Å². The minimum atomic E-state index is -1.06. The van der Waals surface area contributed by atoms with Crippen LogP contribution >= 0.6 is 11.6 Å². The summed E-state index contributed by atoms with van der Waals surface area (Å²) in [5.74, 6) is -0.371. The lowest BCUT2D eigenvalue weighted by molar-refractivity contribution is 0.0696. The van der Waals surface area contributed by atoms with Crippen LogP contribution in [0.3, 0.4) is 0 Å². The van der Waals surface area contributed by atoms with E-state index < -0.39 is 5.97 Å². The maximum Gasteiger partial charge on any atom is 0.338 e. The van der Waals surface area contributed by atoms with Crippen molar-refractivity contribution in [2.24, 2.45) is 0 Å². The number of carboxylic acid groups (broad SMARTS) is 1. The largest absolute Gasteiger partial charge is 0.478 e. The summed E-state index contributed by atoms with van der Waals surface area (Å²) < 4.78 is 5.22. The van der Waals surface area contributed by atoms with E-state index in [-0.39, 0.29) is 10.7 Å². The smallest absolute Gasteiger partial charge is 0.338 e. The van der Waals surface area contributed by atoms with E-state index in [4.69, 9.17) is 21.4 Å². The van der Waals surface area contributed by atoms with Crippen LogP contribution in [0, 0.1) is 0 Å². The number of hydrogen-bond donors (Lipinski definition) is 1. The first-order valence-electron chi connectivity index (χ1n) is 4.91. The van der Waals surface area contributed by atoms with Gasteiger partial charge in [-0.05, 0) is 12.1 Å². The van der Waals surface area contributed by atoms with Crippen molar-refractivity contribution in [2.45, 2.75) is 0 Å². The fraction of sp³-hybridized carbons (Fsp3) is 0.400. The van der Waals surface area contributed by atoms with E-state index in [0.717, 1.165) is 13.1 Å². The van der Waals surface area contributed by atoms with Crippen molar-refractivity contribution in [1.29, 1.82) is 0 Å². The summed E-state index contributed by atoms with van der Waals surface area (Å²) >= 11 is 5.79. The lowest BCUT2D eigenvalue weighted by atomic mass is 10.2. The second-order valence-electron chi connectivity index (χ2n) is 3.41. The molecule has 2 rings (SSSR count). The zero-order valence-electron chi connectivity index (χ0n) is 8.52. The molecule has 1 saturated heterocycles. The summed E-state index contributed by atoms with van der Waals surface area (Å²) in [6.07, 6.45) is 0. The van der Waals surface area contributed by atoms with Crippen LogP contribution in [0.25, 0.3) is 0 Å². The van der Waals surface area contributed by atoms with Crippen LogP contribution < -0.4 is 4.90 Å². The summed E-state index contributed by atoms with van der Waals surface area (Å²) in [6.45, 7) is 2.80. The lowest BCUT2D eigenvalue weighted by Crippen LogP contribution is -2.36. The van der Waals surface area contributed by atoms with E-state index in [1.165, 1.54) is 6.07 Å². The molecule has 0 bridgehead atoms. The van der Waals surface area contributed by atoms with Gasteiger partial charge in [0.25, 0.3) is 0 Å². The number of rotatable bonds is 2. The minimum absolute atomic E-state index is 0.0245. The number of aromatic carboxylic acids is 1. The van der Waals surface area contributed by atoms with Gasteiger partial charge in [-0.25, -0.2) is 9.78 Å². The first kappa shape index (κ1) is 11.2. The van der Waals surface area contributed by atoms with Crippen LogP contribution in [0.2, 0.25) is 5.15 Å². The summed E-state index contributed by atoms with van der Waals surface area (Å²) in [5.41, 5.74) is 0.0266. The number of aromatic nitrogens is 1. The first-order valence-corrected chi connectivity index (χ1v) is 5.29. The van der Waals surface area contributed by atoms with Crippen molar-refractivity contribution in [3.63, 3.8) is 0 Å². The number of halogens is 1. The van der Waals surface area contributed by atoms with Gasteiger partial charge in [-0.15, -0.1) is 0 Å². The van der Waals surface area contributed by atoms with Gasteiger partial charge in [0.2, 0.25) is 0 Å². The zero-order valence-corrected chi connectivity index (χ0v) is 9.28. The Hall–Kier alpha value is -1.33. The summed E-state index contributed by atoms with van der Waals surface area (Å²) in [5, 5.41) is 8.83. The summed E-state index contributed by atoms with van der Waals surface area (Å²) in [6, 6.07) is 3.14. The molecule has 1 N–H and O–H groups in total. The number of ether oxygens (including phenoxy) is 1. The van der Waals surface area contributed by atoms with Crippen LogP contribution in [-0.4, -0.2) is 42.4 Å². The highest BCUT2D eigenvalue weighted by atomic mass is 35.5. The zero-order chi connectivity index (χ0) is 11.5. The maximum atomic E-state index is 10.8. The highest BCUT2D eigenvalue weighted by molar-refractivity contribution is 6.32. The molecule has 6 heteroatoms. The third-order valence-electron chi connectivity index (χ3n) is 2.40. The van der Waals surface area contributed by atoms with E-state index in [9.17, 15) is 4.79 Å². The van der Waals surface area contributed by atoms with Gasteiger partial charge in [-0.2, -0.15) is 0 Å². The highest BCUT2D eigenvalue weighted by Gasteiger charge is 2.15. The van der Waals surface area contributed by atoms with Crippen molar-refractivity contribution in [3.8, 4) is 0 Å². The number of hydrogen-bond acceptors (Lipinski definition) is 4. The molecule has 1 aliphatic rings. The number of nitrogens with zero attached hydrogens (tertiary/aromatic N) is 2. The maximum absolute atomic E-state index is 10.8. The molecular weight excluding hydrogens is 232 g/mol. The Labute approximate surface area is 97.6 Å². The lowest BCUT2D eigenvalue weighted by Gasteiger charge is -2.27. The number of morpholine rings is 1. The van der Waals surface area contributed by atoms with Crippen LogP contribution in [0.5, 0.6) is 0 Å². The molecule has 86 valence electrons. The molecular formula is C10H11ClN2O3. The Morgan fingerprint density at radius 1 is 1.44 bits per heavy atom. The van der Waals surface area contributed by atoms with E-state index in [2.05, 4.69) is 4.98 Å². The van der Waals surface area contributed by atoms with Crippen LogP contribution in [0.15, 0.2) is 12.1 Å². The van der Waals surface area contributed by atoms with Crippen molar-refractivity contribution in [3.05, 3.63) is 22.8 Å². The van der Waals surface area contributed by atoms with Gasteiger partial charge < -0.3 is 14.7 Å². The highest BCUT2D eigenvalue weighted by Crippen LogP contribution is 2.19. The molecule has 0 radical (unpaired) electrons. The standard InChI is InChI=1S/C10H11ClN2O3/c11-9-7(10(14)15)1-2-8(12-9)13-3-5-16-6-4-13/h1-2H,3-6H2,(H,14,15).